The van der Waals surface area contributed by atoms with Crippen LogP contribution in [-0.2, 0) is 21.9 Å². The van der Waals surface area contributed by atoms with Crippen LogP contribution in [0, 0.1) is 0 Å². The van der Waals surface area contributed by atoms with Crippen LogP contribution in [-0.4, -0.2) is 34.0 Å². The van der Waals surface area contributed by atoms with Gasteiger partial charge in [0.25, 0.3) is 0 Å². The summed E-state index contributed by atoms with van der Waals surface area (Å²) in [6, 6.07) is 14.3. The zero-order valence-electron chi connectivity index (χ0n) is 17.7. The fraction of sp³-hybridized carbons (Fsp3) is 0.391. The SMILES string of the molecule is C[C@H](C(=O)NC(C)(C)C)N(Cc1ccc(Cl)cc1)C(=O)CSCc1ccccc1Cl. The zero-order chi connectivity index (χ0) is 22.3. The maximum absolute atomic E-state index is 13.1. The molecule has 1 N–H and O–H groups in total. The van der Waals surface area contributed by atoms with Crippen LogP contribution in [0.1, 0.15) is 38.8 Å². The number of hydrogen-bond acceptors (Lipinski definition) is 3. The Morgan fingerprint density at radius 3 is 2.30 bits per heavy atom. The van der Waals surface area contributed by atoms with Crippen molar-refractivity contribution in [1.82, 2.24) is 10.2 Å². The van der Waals surface area contributed by atoms with Gasteiger partial charge in [-0.2, -0.15) is 0 Å². The van der Waals surface area contributed by atoms with Gasteiger partial charge >= 0.3 is 0 Å². The van der Waals surface area contributed by atoms with Crippen LogP contribution in [0.2, 0.25) is 10.0 Å². The molecular formula is C23H28Cl2N2O2S. The lowest BCUT2D eigenvalue weighted by Gasteiger charge is -2.31. The Morgan fingerprint density at radius 1 is 1.07 bits per heavy atom. The molecule has 4 nitrogen and oxygen atoms in total. The van der Waals surface area contributed by atoms with Gasteiger partial charge in [0.15, 0.2) is 0 Å². The van der Waals surface area contributed by atoms with E-state index in [4.69, 9.17) is 23.2 Å². The summed E-state index contributed by atoms with van der Waals surface area (Å²) >= 11 is 13.7. The lowest BCUT2D eigenvalue weighted by atomic mass is 10.1. The van der Waals surface area contributed by atoms with Crippen molar-refractivity contribution in [2.45, 2.75) is 51.6 Å². The molecular weight excluding hydrogens is 439 g/mol. The van der Waals surface area contributed by atoms with E-state index in [0.29, 0.717) is 22.3 Å². The lowest BCUT2D eigenvalue weighted by Crippen LogP contribution is -2.52. The number of carbonyl (C=O) groups is 2. The van der Waals surface area contributed by atoms with Gasteiger partial charge in [0, 0.05) is 27.9 Å². The van der Waals surface area contributed by atoms with Gasteiger partial charge in [-0.25, -0.2) is 0 Å². The van der Waals surface area contributed by atoms with E-state index in [0.717, 1.165) is 11.1 Å². The molecule has 2 amide bonds. The first-order chi connectivity index (χ1) is 14.1. The molecule has 0 spiro atoms. The van der Waals surface area contributed by atoms with Crippen LogP contribution in [0.3, 0.4) is 0 Å². The molecule has 0 bridgehead atoms. The average Bonchev–Trinajstić information content (AvgIpc) is 2.67. The number of amides is 2. The predicted molar refractivity (Wildman–Crippen MR) is 127 cm³/mol. The van der Waals surface area contributed by atoms with Gasteiger partial charge < -0.3 is 10.2 Å². The van der Waals surface area contributed by atoms with E-state index < -0.39 is 6.04 Å². The molecule has 7 heteroatoms. The molecule has 0 saturated carbocycles. The Hall–Kier alpha value is -1.69. The molecule has 0 aliphatic rings. The second-order valence-corrected chi connectivity index (χ2v) is 9.98. The van der Waals surface area contributed by atoms with Crippen molar-refractivity contribution in [3.05, 3.63) is 69.7 Å². The number of thioether (sulfide) groups is 1. The largest absolute Gasteiger partial charge is 0.350 e. The number of halogens is 2. The summed E-state index contributed by atoms with van der Waals surface area (Å²) in [6.45, 7) is 7.85. The van der Waals surface area contributed by atoms with Gasteiger partial charge in [0.2, 0.25) is 11.8 Å². The quantitative estimate of drug-likeness (QED) is 0.553. The van der Waals surface area contributed by atoms with Crippen molar-refractivity contribution in [3.8, 4) is 0 Å². The fourth-order valence-corrected chi connectivity index (χ4v) is 4.11. The standard InChI is InChI=1S/C23H28Cl2N2O2S/c1-16(22(29)26-23(2,3)4)27(13-17-9-11-19(24)12-10-17)21(28)15-30-14-18-7-5-6-8-20(18)25/h5-12,16H,13-15H2,1-4H3,(H,26,29)/t16-/m1/s1. The molecule has 0 saturated heterocycles. The van der Waals surface area contributed by atoms with Gasteiger partial charge in [0.05, 0.1) is 5.75 Å². The first-order valence-corrected chi connectivity index (χ1v) is 11.6. The van der Waals surface area contributed by atoms with Gasteiger partial charge in [-0.1, -0.05) is 53.5 Å². The normalized spacial score (nSPS) is 12.3. The van der Waals surface area contributed by atoms with E-state index in [2.05, 4.69) is 5.32 Å². The Morgan fingerprint density at radius 2 is 1.70 bits per heavy atom. The molecule has 162 valence electrons. The summed E-state index contributed by atoms with van der Waals surface area (Å²) in [5.74, 6) is 0.605. The third kappa shape index (κ3) is 7.86. The molecule has 0 aliphatic carbocycles. The summed E-state index contributed by atoms with van der Waals surface area (Å²) in [7, 11) is 0. The number of benzene rings is 2. The molecule has 1 atom stereocenters. The molecule has 2 aromatic rings. The predicted octanol–water partition coefficient (Wildman–Crippen LogP) is 5.56. The van der Waals surface area contributed by atoms with Crippen molar-refractivity contribution in [3.63, 3.8) is 0 Å². The van der Waals surface area contributed by atoms with Gasteiger partial charge in [-0.05, 0) is 57.0 Å². The Kier molecular flexibility index (Phi) is 9.08. The molecule has 2 aromatic carbocycles. The third-order valence-electron chi connectivity index (χ3n) is 4.37. The van der Waals surface area contributed by atoms with Crippen LogP contribution < -0.4 is 5.32 Å². The molecule has 0 unspecified atom stereocenters. The van der Waals surface area contributed by atoms with E-state index in [1.165, 1.54) is 11.8 Å². The van der Waals surface area contributed by atoms with Crippen molar-refractivity contribution in [2.75, 3.05) is 5.75 Å². The highest BCUT2D eigenvalue weighted by molar-refractivity contribution is 7.99. The summed E-state index contributed by atoms with van der Waals surface area (Å²) < 4.78 is 0. The molecule has 2 rings (SSSR count). The number of hydrogen-bond donors (Lipinski definition) is 1. The van der Waals surface area contributed by atoms with Crippen LogP contribution in [0.15, 0.2) is 48.5 Å². The molecule has 0 heterocycles. The van der Waals surface area contributed by atoms with Crippen LogP contribution >= 0.6 is 35.0 Å². The first-order valence-electron chi connectivity index (χ1n) is 9.74. The summed E-state index contributed by atoms with van der Waals surface area (Å²) in [5, 5.41) is 4.28. The molecule has 0 radical (unpaired) electrons. The van der Waals surface area contributed by atoms with Crippen molar-refractivity contribution < 1.29 is 9.59 Å². The van der Waals surface area contributed by atoms with E-state index in [-0.39, 0.29) is 23.1 Å². The second-order valence-electron chi connectivity index (χ2n) is 8.15. The number of nitrogens with zero attached hydrogens (tertiary/aromatic N) is 1. The number of rotatable bonds is 8. The van der Waals surface area contributed by atoms with E-state index in [1.54, 1.807) is 24.0 Å². The minimum Gasteiger partial charge on any atom is -0.350 e. The maximum Gasteiger partial charge on any atom is 0.242 e. The van der Waals surface area contributed by atoms with Gasteiger partial charge in [-0.3, -0.25) is 9.59 Å². The van der Waals surface area contributed by atoms with Crippen LogP contribution in [0.5, 0.6) is 0 Å². The Bertz CT molecular complexity index is 866. The number of nitrogens with one attached hydrogen (secondary N) is 1. The zero-order valence-corrected chi connectivity index (χ0v) is 20.1. The summed E-state index contributed by atoms with van der Waals surface area (Å²) in [6.07, 6.45) is 0. The Labute approximate surface area is 193 Å². The summed E-state index contributed by atoms with van der Waals surface area (Å²) in [5.41, 5.74) is 1.53. The minimum absolute atomic E-state index is 0.0986. The Balaban J connectivity index is 2.10. The smallest absolute Gasteiger partial charge is 0.242 e. The molecule has 0 fully saturated rings. The van der Waals surface area contributed by atoms with E-state index >= 15 is 0 Å². The van der Waals surface area contributed by atoms with Crippen LogP contribution in [0.25, 0.3) is 0 Å². The van der Waals surface area contributed by atoms with Crippen molar-refractivity contribution in [1.29, 1.82) is 0 Å². The summed E-state index contributed by atoms with van der Waals surface area (Å²) in [4.78, 5) is 27.4. The fourth-order valence-electron chi connectivity index (χ4n) is 2.79. The highest BCUT2D eigenvalue weighted by atomic mass is 35.5. The average molecular weight is 467 g/mol. The highest BCUT2D eigenvalue weighted by Gasteiger charge is 2.28. The third-order valence-corrected chi connectivity index (χ3v) is 5.96. The second kappa shape index (κ2) is 11.1. The number of carbonyl (C=O) groups excluding carboxylic acids is 2. The first kappa shape index (κ1) is 24.6. The molecule has 30 heavy (non-hydrogen) atoms. The topological polar surface area (TPSA) is 49.4 Å². The maximum atomic E-state index is 13.1. The molecule has 0 aliphatic heterocycles. The van der Waals surface area contributed by atoms with E-state index in [1.807, 2.05) is 57.2 Å². The minimum atomic E-state index is -0.603. The van der Waals surface area contributed by atoms with Gasteiger partial charge in [-0.15, -0.1) is 11.8 Å². The molecule has 0 aromatic heterocycles. The van der Waals surface area contributed by atoms with Crippen molar-refractivity contribution in [2.24, 2.45) is 0 Å². The monoisotopic (exact) mass is 466 g/mol. The van der Waals surface area contributed by atoms with Gasteiger partial charge in [0.1, 0.15) is 6.04 Å². The highest BCUT2D eigenvalue weighted by Crippen LogP contribution is 2.22. The lowest BCUT2D eigenvalue weighted by molar-refractivity contribution is -0.139. The van der Waals surface area contributed by atoms with Crippen LogP contribution in [0.4, 0.5) is 0 Å². The van der Waals surface area contributed by atoms with E-state index in [9.17, 15) is 9.59 Å². The van der Waals surface area contributed by atoms with Crippen molar-refractivity contribution >= 4 is 46.8 Å².